The zero-order valence-corrected chi connectivity index (χ0v) is 17.3. The summed E-state index contributed by atoms with van der Waals surface area (Å²) >= 11 is 0. The highest BCUT2D eigenvalue weighted by Crippen LogP contribution is 2.18. The number of hydrogen-bond donors (Lipinski definition) is 2. The molecule has 1 fully saturated rings. The molecule has 3 rings (SSSR count). The average molecular weight is 423 g/mol. The maximum absolute atomic E-state index is 13.9. The van der Waals surface area contributed by atoms with Gasteiger partial charge in [-0.1, -0.05) is 6.07 Å². The van der Waals surface area contributed by atoms with E-state index in [1.165, 1.54) is 24.1 Å². The summed E-state index contributed by atoms with van der Waals surface area (Å²) in [5, 5.41) is 5.23. The van der Waals surface area contributed by atoms with Crippen LogP contribution in [0.4, 0.5) is 4.39 Å². The first-order valence-electron chi connectivity index (χ1n) is 9.27. The van der Waals surface area contributed by atoms with Gasteiger partial charge in [-0.3, -0.25) is 4.79 Å². The third kappa shape index (κ3) is 4.92. The minimum atomic E-state index is -3.89. The first-order valence-corrected chi connectivity index (χ1v) is 10.8. The molecule has 0 saturated carbocycles. The van der Waals surface area contributed by atoms with Gasteiger partial charge in [0.05, 0.1) is 38.2 Å². The van der Waals surface area contributed by atoms with Gasteiger partial charge in [-0.05, 0) is 42.8 Å². The second-order valence-electron chi connectivity index (χ2n) is 7.21. The molecule has 0 atom stereocenters. The maximum Gasteiger partial charge on any atom is 0.254 e. The van der Waals surface area contributed by atoms with Gasteiger partial charge in [0.2, 0.25) is 10.0 Å². The average Bonchev–Trinajstić information content (AvgIpc) is 2.68. The maximum atomic E-state index is 13.9. The van der Waals surface area contributed by atoms with E-state index >= 15 is 0 Å². The zero-order valence-electron chi connectivity index (χ0n) is 16.4. The molecule has 0 radical (unpaired) electrons. The van der Waals surface area contributed by atoms with Crippen molar-refractivity contribution in [3.8, 4) is 5.75 Å². The van der Waals surface area contributed by atoms with Crippen LogP contribution in [0.5, 0.6) is 5.75 Å². The van der Waals surface area contributed by atoms with Gasteiger partial charge in [-0.15, -0.1) is 0 Å². The number of primary sulfonamides is 1. The van der Waals surface area contributed by atoms with E-state index in [0.717, 1.165) is 5.56 Å². The lowest BCUT2D eigenvalue weighted by Crippen LogP contribution is -3.13. The Morgan fingerprint density at radius 3 is 2.48 bits per heavy atom. The molecule has 7 nitrogen and oxygen atoms in total. The molecular weight excluding hydrogens is 397 g/mol. The molecule has 0 spiro atoms. The fraction of sp³-hybridized carbons (Fsp3) is 0.350. The van der Waals surface area contributed by atoms with Crippen molar-refractivity contribution in [3.63, 3.8) is 0 Å². The van der Waals surface area contributed by atoms with E-state index in [2.05, 4.69) is 0 Å². The number of halogens is 1. The molecule has 0 bridgehead atoms. The lowest BCUT2D eigenvalue weighted by atomic mass is 10.1. The van der Waals surface area contributed by atoms with E-state index in [0.29, 0.717) is 43.9 Å². The van der Waals surface area contributed by atoms with Crippen LogP contribution in [0.2, 0.25) is 0 Å². The molecule has 1 aliphatic rings. The number of benzene rings is 2. The van der Waals surface area contributed by atoms with Crippen molar-refractivity contribution >= 4 is 15.9 Å². The van der Waals surface area contributed by atoms with Crippen molar-refractivity contribution in [1.82, 2.24) is 4.90 Å². The van der Waals surface area contributed by atoms with Crippen molar-refractivity contribution in [2.45, 2.75) is 18.4 Å². The molecule has 1 amide bonds. The molecule has 156 valence electrons. The number of methoxy groups -OCH3 is 1. The Morgan fingerprint density at radius 2 is 1.90 bits per heavy atom. The third-order valence-electron chi connectivity index (χ3n) is 5.17. The lowest BCUT2D eigenvalue weighted by molar-refractivity contribution is -0.917. The molecule has 1 aliphatic heterocycles. The van der Waals surface area contributed by atoms with E-state index in [1.807, 2.05) is 6.07 Å². The quantitative estimate of drug-likeness (QED) is 0.726. The van der Waals surface area contributed by atoms with Crippen LogP contribution in [0.25, 0.3) is 0 Å². The predicted molar refractivity (Wildman–Crippen MR) is 106 cm³/mol. The minimum Gasteiger partial charge on any atom is -0.494 e. The number of piperazine rings is 1. The number of carbonyl (C=O) groups is 1. The van der Waals surface area contributed by atoms with Crippen LogP contribution in [0.1, 0.15) is 21.5 Å². The standard InChI is InChI=1S/C20H24FN3O4S/c1-14-3-5-16(12-19(14)29(22,26)27)20(25)24-9-7-23(8-10-24)13-15-4-6-18(28-2)17(21)11-15/h3-6,11-12H,7-10,13H2,1-2H3,(H2,22,26,27)/p+1. The van der Waals surface area contributed by atoms with Gasteiger partial charge in [0, 0.05) is 11.1 Å². The monoisotopic (exact) mass is 422 g/mol. The summed E-state index contributed by atoms with van der Waals surface area (Å²) < 4.78 is 42.2. The molecule has 1 saturated heterocycles. The van der Waals surface area contributed by atoms with Gasteiger partial charge < -0.3 is 14.5 Å². The van der Waals surface area contributed by atoms with Gasteiger partial charge in [0.1, 0.15) is 6.54 Å². The second kappa shape index (κ2) is 8.48. The summed E-state index contributed by atoms with van der Waals surface area (Å²) in [6.07, 6.45) is 0. The van der Waals surface area contributed by atoms with Crippen molar-refractivity contribution in [1.29, 1.82) is 0 Å². The summed E-state index contributed by atoms with van der Waals surface area (Å²) in [5.41, 5.74) is 1.68. The van der Waals surface area contributed by atoms with Crippen LogP contribution in [0, 0.1) is 12.7 Å². The molecule has 9 heteroatoms. The Labute approximate surface area is 169 Å². The van der Waals surface area contributed by atoms with Crippen LogP contribution < -0.4 is 14.8 Å². The molecule has 2 aromatic carbocycles. The number of aryl methyl sites for hydroxylation is 1. The second-order valence-corrected chi connectivity index (χ2v) is 8.74. The van der Waals surface area contributed by atoms with Gasteiger partial charge in [0.15, 0.2) is 11.6 Å². The number of nitrogens with zero attached hydrogens (tertiary/aromatic N) is 1. The normalized spacial score (nSPS) is 15.4. The number of rotatable bonds is 5. The van der Waals surface area contributed by atoms with Gasteiger partial charge in [-0.25, -0.2) is 17.9 Å². The highest BCUT2D eigenvalue weighted by atomic mass is 32.2. The summed E-state index contributed by atoms with van der Waals surface area (Å²) in [5.74, 6) is -0.385. The predicted octanol–water partition coefficient (Wildman–Crippen LogP) is 0.331. The van der Waals surface area contributed by atoms with Crippen molar-refractivity contribution in [2.75, 3.05) is 33.3 Å². The van der Waals surface area contributed by atoms with Gasteiger partial charge >= 0.3 is 0 Å². The van der Waals surface area contributed by atoms with Crippen LogP contribution in [0.15, 0.2) is 41.3 Å². The Bertz CT molecular complexity index is 1020. The topological polar surface area (TPSA) is 94.1 Å². The summed E-state index contributed by atoms with van der Waals surface area (Å²) in [6.45, 7) is 4.79. The van der Waals surface area contributed by atoms with Crippen LogP contribution in [-0.4, -0.2) is 52.5 Å². The van der Waals surface area contributed by atoms with Crippen LogP contribution in [0.3, 0.4) is 0 Å². The Balaban J connectivity index is 1.63. The number of nitrogens with two attached hydrogens (primary N) is 1. The number of hydrogen-bond acceptors (Lipinski definition) is 4. The summed E-state index contributed by atoms with van der Waals surface area (Å²) in [7, 11) is -2.46. The molecule has 1 heterocycles. The first kappa shape index (κ1) is 21.2. The Morgan fingerprint density at radius 1 is 1.21 bits per heavy atom. The van der Waals surface area contributed by atoms with Crippen LogP contribution >= 0.6 is 0 Å². The lowest BCUT2D eigenvalue weighted by Gasteiger charge is -2.32. The molecule has 29 heavy (non-hydrogen) atoms. The van der Waals surface area contributed by atoms with Gasteiger partial charge in [-0.2, -0.15) is 0 Å². The molecule has 3 N–H and O–H groups in total. The molecule has 0 aromatic heterocycles. The van der Waals surface area contributed by atoms with E-state index < -0.39 is 10.0 Å². The Hall–Kier alpha value is -2.49. The first-order chi connectivity index (χ1) is 13.7. The van der Waals surface area contributed by atoms with Crippen LogP contribution in [-0.2, 0) is 16.6 Å². The number of nitrogens with one attached hydrogen (secondary N) is 1. The van der Waals surface area contributed by atoms with E-state index in [-0.39, 0.29) is 22.4 Å². The highest BCUT2D eigenvalue weighted by molar-refractivity contribution is 7.89. The number of ether oxygens (including phenoxy) is 1. The fourth-order valence-electron chi connectivity index (χ4n) is 3.53. The summed E-state index contributed by atoms with van der Waals surface area (Å²) in [4.78, 5) is 15.7. The number of quaternary nitrogens is 1. The SMILES string of the molecule is COc1ccc(C[NH+]2CCN(C(=O)c3ccc(C)c(S(N)(=O)=O)c3)CC2)cc1F. The van der Waals surface area contributed by atoms with Crippen molar-refractivity contribution < 1.29 is 27.2 Å². The Kier molecular flexibility index (Phi) is 6.21. The minimum absolute atomic E-state index is 0.0332. The number of amides is 1. The van der Waals surface area contributed by atoms with Crippen molar-refractivity contribution in [3.05, 3.63) is 58.9 Å². The highest BCUT2D eigenvalue weighted by Gasteiger charge is 2.26. The summed E-state index contributed by atoms with van der Waals surface area (Å²) in [6, 6.07) is 9.48. The number of sulfonamides is 1. The fourth-order valence-corrected chi connectivity index (χ4v) is 4.34. The van der Waals surface area contributed by atoms with E-state index in [1.54, 1.807) is 30.0 Å². The zero-order chi connectivity index (χ0) is 21.2. The molecule has 0 unspecified atom stereocenters. The molecule has 0 aliphatic carbocycles. The van der Waals surface area contributed by atoms with Crippen molar-refractivity contribution in [2.24, 2.45) is 5.14 Å². The van der Waals surface area contributed by atoms with E-state index in [4.69, 9.17) is 9.88 Å². The smallest absolute Gasteiger partial charge is 0.254 e. The largest absolute Gasteiger partial charge is 0.494 e. The third-order valence-corrected chi connectivity index (χ3v) is 6.22. The molecule has 2 aromatic rings. The van der Waals surface area contributed by atoms with E-state index in [9.17, 15) is 17.6 Å². The van der Waals surface area contributed by atoms with Gasteiger partial charge in [0.25, 0.3) is 5.91 Å². The molecular formula is C20H25FN3O4S+. The number of carbonyl (C=O) groups excluding carboxylic acids is 1.